The van der Waals surface area contributed by atoms with Crippen molar-refractivity contribution in [2.24, 2.45) is 0 Å². The van der Waals surface area contributed by atoms with E-state index in [0.717, 1.165) is 59.5 Å². The molecule has 0 spiro atoms. The zero-order valence-corrected chi connectivity index (χ0v) is 18.5. The Kier molecular flexibility index (Phi) is 6.15. The highest BCUT2D eigenvalue weighted by Crippen LogP contribution is 2.26. The minimum Gasteiger partial charge on any atom is -0.342 e. The SMILES string of the molecule is O=C(CCc1nc2ccccc2[nH]1)N1CCC[C@H](c2ccc(Cc3ccc(F)cc3)cn2)C1. The normalized spacial score (nSPS) is 16.3. The minimum atomic E-state index is -0.221. The fraction of sp³-hybridized carbons (Fsp3) is 0.296. The number of rotatable bonds is 6. The number of piperidine rings is 1. The van der Waals surface area contributed by atoms with Crippen molar-refractivity contribution in [3.63, 3.8) is 0 Å². The average Bonchev–Trinajstić information content (AvgIpc) is 3.28. The van der Waals surface area contributed by atoms with E-state index in [1.807, 2.05) is 35.4 Å². The molecule has 0 bridgehead atoms. The van der Waals surface area contributed by atoms with Crippen molar-refractivity contribution in [1.29, 1.82) is 0 Å². The molecule has 0 aliphatic carbocycles. The Labute approximate surface area is 192 Å². The number of hydrogen-bond acceptors (Lipinski definition) is 3. The number of aromatic amines is 1. The van der Waals surface area contributed by atoms with Crippen molar-refractivity contribution < 1.29 is 9.18 Å². The van der Waals surface area contributed by atoms with E-state index in [4.69, 9.17) is 4.98 Å². The molecule has 0 unspecified atom stereocenters. The van der Waals surface area contributed by atoms with Crippen molar-refractivity contribution in [3.05, 3.63) is 95.3 Å². The molecule has 0 saturated carbocycles. The number of carbonyl (C=O) groups excluding carboxylic acids is 1. The van der Waals surface area contributed by atoms with Crippen LogP contribution >= 0.6 is 0 Å². The molecular formula is C27H27FN4O. The van der Waals surface area contributed by atoms with Gasteiger partial charge in [-0.25, -0.2) is 9.37 Å². The summed E-state index contributed by atoms with van der Waals surface area (Å²) in [5.41, 5.74) is 5.14. The molecule has 1 atom stereocenters. The Balaban J connectivity index is 1.17. The second kappa shape index (κ2) is 9.53. The first-order valence-electron chi connectivity index (χ1n) is 11.5. The number of imidazole rings is 1. The lowest BCUT2D eigenvalue weighted by Crippen LogP contribution is -2.39. The number of benzene rings is 2. The number of pyridine rings is 1. The van der Waals surface area contributed by atoms with Crippen molar-refractivity contribution in [1.82, 2.24) is 19.9 Å². The Bertz CT molecular complexity index is 1200. The summed E-state index contributed by atoms with van der Waals surface area (Å²) < 4.78 is 13.1. The molecule has 33 heavy (non-hydrogen) atoms. The summed E-state index contributed by atoms with van der Waals surface area (Å²) in [4.78, 5) is 27.4. The maximum absolute atomic E-state index is 13.1. The first-order valence-corrected chi connectivity index (χ1v) is 11.5. The van der Waals surface area contributed by atoms with Crippen LogP contribution in [0, 0.1) is 5.82 Å². The zero-order valence-electron chi connectivity index (χ0n) is 18.5. The Hall–Kier alpha value is -3.54. The molecule has 2 aromatic heterocycles. The van der Waals surface area contributed by atoms with Crippen LogP contribution in [0.5, 0.6) is 0 Å². The summed E-state index contributed by atoms with van der Waals surface area (Å²) in [6.07, 6.45) is 5.73. The number of hydrogen-bond donors (Lipinski definition) is 1. The smallest absolute Gasteiger partial charge is 0.223 e. The van der Waals surface area contributed by atoms with Gasteiger partial charge in [0, 0.05) is 43.7 Å². The van der Waals surface area contributed by atoms with Crippen LogP contribution in [0.25, 0.3) is 11.0 Å². The molecule has 168 valence electrons. The van der Waals surface area contributed by atoms with Crippen LogP contribution in [-0.4, -0.2) is 38.8 Å². The van der Waals surface area contributed by atoms with Crippen LogP contribution < -0.4 is 0 Å². The maximum atomic E-state index is 13.1. The number of aryl methyl sites for hydroxylation is 1. The Morgan fingerprint density at radius 1 is 1.06 bits per heavy atom. The Morgan fingerprint density at radius 3 is 2.67 bits per heavy atom. The number of fused-ring (bicyclic) bond motifs is 1. The van der Waals surface area contributed by atoms with Gasteiger partial charge in [-0.1, -0.05) is 30.3 Å². The van der Waals surface area contributed by atoms with Crippen molar-refractivity contribution in [3.8, 4) is 0 Å². The van der Waals surface area contributed by atoms with Crippen LogP contribution in [0.15, 0.2) is 66.9 Å². The molecule has 3 heterocycles. The van der Waals surface area contributed by atoms with Gasteiger partial charge in [0.15, 0.2) is 0 Å². The first kappa shape index (κ1) is 21.3. The van der Waals surface area contributed by atoms with Crippen LogP contribution in [-0.2, 0) is 17.6 Å². The number of likely N-dealkylation sites (tertiary alicyclic amines) is 1. The van der Waals surface area contributed by atoms with Gasteiger partial charge in [0.25, 0.3) is 0 Å². The summed E-state index contributed by atoms with van der Waals surface area (Å²) in [6.45, 7) is 1.52. The number of nitrogens with zero attached hydrogens (tertiary/aromatic N) is 3. The molecule has 2 aromatic carbocycles. The monoisotopic (exact) mass is 442 g/mol. The van der Waals surface area contributed by atoms with Gasteiger partial charge < -0.3 is 9.88 Å². The van der Waals surface area contributed by atoms with E-state index in [-0.39, 0.29) is 17.6 Å². The quantitative estimate of drug-likeness (QED) is 0.456. The van der Waals surface area contributed by atoms with Crippen LogP contribution in [0.3, 0.4) is 0 Å². The number of amides is 1. The van der Waals surface area contributed by atoms with E-state index in [9.17, 15) is 9.18 Å². The number of carbonyl (C=O) groups is 1. The summed E-state index contributed by atoms with van der Waals surface area (Å²) in [5, 5.41) is 0. The molecule has 5 nitrogen and oxygen atoms in total. The highest BCUT2D eigenvalue weighted by molar-refractivity contribution is 5.77. The molecule has 5 rings (SSSR count). The van der Waals surface area contributed by atoms with Crippen LogP contribution in [0.4, 0.5) is 4.39 Å². The summed E-state index contributed by atoms with van der Waals surface area (Å²) in [6, 6.07) is 18.7. The lowest BCUT2D eigenvalue weighted by Gasteiger charge is -2.32. The third kappa shape index (κ3) is 5.11. The van der Waals surface area contributed by atoms with Gasteiger partial charge in [0.2, 0.25) is 5.91 Å². The standard InChI is InChI=1S/C27H27FN4O/c28-22-10-7-19(8-11-22)16-20-9-12-23(29-17-20)21-4-3-15-32(18-21)27(33)14-13-26-30-24-5-1-2-6-25(24)31-26/h1-2,5-12,17,21H,3-4,13-16,18H2,(H,30,31)/t21-/m0/s1. The van der Waals surface area contributed by atoms with Gasteiger partial charge >= 0.3 is 0 Å². The van der Waals surface area contributed by atoms with Crippen molar-refractivity contribution in [2.75, 3.05) is 13.1 Å². The van der Waals surface area contributed by atoms with Gasteiger partial charge in [-0.15, -0.1) is 0 Å². The number of para-hydroxylation sites is 2. The number of aromatic nitrogens is 3. The lowest BCUT2D eigenvalue weighted by atomic mass is 9.93. The average molecular weight is 443 g/mol. The predicted octanol–water partition coefficient (Wildman–Crippen LogP) is 5.03. The molecular weight excluding hydrogens is 415 g/mol. The number of H-pyrrole nitrogens is 1. The molecule has 4 aromatic rings. The number of nitrogens with one attached hydrogen (secondary N) is 1. The summed E-state index contributed by atoms with van der Waals surface area (Å²) in [7, 11) is 0. The third-order valence-electron chi connectivity index (χ3n) is 6.38. The van der Waals surface area contributed by atoms with Gasteiger partial charge in [-0.05, 0) is 60.7 Å². The van der Waals surface area contributed by atoms with E-state index in [1.54, 1.807) is 12.1 Å². The molecule has 1 fully saturated rings. The van der Waals surface area contributed by atoms with E-state index in [1.165, 1.54) is 12.1 Å². The zero-order chi connectivity index (χ0) is 22.6. The highest BCUT2D eigenvalue weighted by atomic mass is 19.1. The summed E-state index contributed by atoms with van der Waals surface area (Å²) in [5.74, 6) is 1.07. The lowest BCUT2D eigenvalue weighted by molar-refractivity contribution is -0.132. The minimum absolute atomic E-state index is 0.174. The summed E-state index contributed by atoms with van der Waals surface area (Å²) >= 11 is 0. The number of halogens is 1. The highest BCUT2D eigenvalue weighted by Gasteiger charge is 2.25. The molecule has 0 radical (unpaired) electrons. The predicted molar refractivity (Wildman–Crippen MR) is 126 cm³/mol. The molecule has 1 N–H and O–H groups in total. The van der Waals surface area contributed by atoms with Crippen molar-refractivity contribution in [2.45, 2.75) is 38.0 Å². The van der Waals surface area contributed by atoms with Crippen molar-refractivity contribution >= 4 is 16.9 Å². The second-order valence-corrected chi connectivity index (χ2v) is 8.77. The molecule has 6 heteroatoms. The van der Waals surface area contributed by atoms with E-state index < -0.39 is 0 Å². The molecule has 1 aliphatic heterocycles. The second-order valence-electron chi connectivity index (χ2n) is 8.77. The largest absolute Gasteiger partial charge is 0.342 e. The molecule has 1 amide bonds. The van der Waals surface area contributed by atoms with Gasteiger partial charge in [0.05, 0.1) is 11.0 Å². The first-order chi connectivity index (χ1) is 16.1. The fourth-order valence-corrected chi connectivity index (χ4v) is 4.57. The van der Waals surface area contributed by atoms with Gasteiger partial charge in [-0.3, -0.25) is 9.78 Å². The maximum Gasteiger partial charge on any atom is 0.223 e. The molecule has 1 saturated heterocycles. The third-order valence-corrected chi connectivity index (χ3v) is 6.38. The van der Waals surface area contributed by atoms with E-state index in [0.29, 0.717) is 19.4 Å². The van der Waals surface area contributed by atoms with Crippen LogP contribution in [0.1, 0.15) is 47.8 Å². The fourth-order valence-electron chi connectivity index (χ4n) is 4.57. The van der Waals surface area contributed by atoms with Crippen LogP contribution in [0.2, 0.25) is 0 Å². The Morgan fingerprint density at radius 2 is 1.88 bits per heavy atom. The molecule has 1 aliphatic rings. The van der Waals surface area contributed by atoms with E-state index in [2.05, 4.69) is 22.1 Å². The van der Waals surface area contributed by atoms with E-state index >= 15 is 0 Å². The van der Waals surface area contributed by atoms with Gasteiger partial charge in [0.1, 0.15) is 11.6 Å². The van der Waals surface area contributed by atoms with Gasteiger partial charge in [-0.2, -0.15) is 0 Å². The topological polar surface area (TPSA) is 61.9 Å².